The molecule has 0 aromatic heterocycles. The van der Waals surface area contributed by atoms with Crippen LogP contribution in [0.15, 0.2) is 0 Å². The first-order valence-corrected chi connectivity index (χ1v) is 6.37. The molecule has 0 aromatic rings. The van der Waals surface area contributed by atoms with Crippen molar-refractivity contribution in [3.8, 4) is 0 Å². The Morgan fingerprint density at radius 1 is 1.38 bits per heavy atom. The van der Waals surface area contributed by atoms with Gasteiger partial charge in [-0.3, -0.25) is 4.90 Å². The van der Waals surface area contributed by atoms with Crippen LogP contribution in [0.3, 0.4) is 0 Å². The van der Waals surface area contributed by atoms with Gasteiger partial charge in [0.05, 0.1) is 6.04 Å². The average molecular weight is 228 g/mol. The Labute approximate surface area is 101 Å². The molecule has 0 saturated heterocycles. The first-order valence-electron chi connectivity index (χ1n) is 6.37. The lowest BCUT2D eigenvalue weighted by Gasteiger charge is -2.28. The molecule has 0 aliphatic rings. The molecule has 0 bridgehead atoms. The van der Waals surface area contributed by atoms with Crippen LogP contribution >= 0.6 is 0 Å². The number of likely N-dealkylation sites (N-methyl/N-ethyl adjacent to an activating group) is 2. The van der Waals surface area contributed by atoms with Crippen LogP contribution in [0, 0.1) is 5.92 Å². The summed E-state index contributed by atoms with van der Waals surface area (Å²) in [4.78, 5) is 13.2. The van der Waals surface area contributed by atoms with Crippen molar-refractivity contribution >= 4 is 6.29 Å². The van der Waals surface area contributed by atoms with Gasteiger partial charge >= 0.3 is 0 Å². The van der Waals surface area contributed by atoms with E-state index in [1.54, 1.807) is 0 Å². The van der Waals surface area contributed by atoms with Gasteiger partial charge in [-0.1, -0.05) is 27.2 Å². The molecule has 3 heteroatoms. The molecule has 3 nitrogen and oxygen atoms in total. The van der Waals surface area contributed by atoms with E-state index in [1.165, 1.54) is 6.42 Å². The van der Waals surface area contributed by atoms with E-state index < -0.39 is 0 Å². The third-order valence-electron chi connectivity index (χ3n) is 2.99. The van der Waals surface area contributed by atoms with Gasteiger partial charge in [0.25, 0.3) is 0 Å². The third kappa shape index (κ3) is 6.23. The monoisotopic (exact) mass is 228 g/mol. The number of carbonyl (C=O) groups excluding carboxylic acids is 1. The van der Waals surface area contributed by atoms with E-state index in [2.05, 4.69) is 31.0 Å². The van der Waals surface area contributed by atoms with Crippen molar-refractivity contribution in [2.24, 2.45) is 5.92 Å². The maximum absolute atomic E-state index is 11.0. The lowest BCUT2D eigenvalue weighted by Crippen LogP contribution is -2.43. The Morgan fingerprint density at radius 3 is 2.38 bits per heavy atom. The Balaban J connectivity index is 4.16. The SMILES string of the molecule is CCCC(CN(C)C(C=O)CC(C)C)NC. The van der Waals surface area contributed by atoms with Crippen molar-refractivity contribution in [3.05, 3.63) is 0 Å². The maximum Gasteiger partial charge on any atom is 0.137 e. The van der Waals surface area contributed by atoms with E-state index in [9.17, 15) is 4.79 Å². The van der Waals surface area contributed by atoms with Crippen molar-refractivity contribution in [2.45, 2.75) is 52.1 Å². The molecule has 0 radical (unpaired) electrons. The zero-order valence-electron chi connectivity index (χ0n) is 11.5. The molecule has 0 aliphatic heterocycles. The zero-order valence-corrected chi connectivity index (χ0v) is 11.5. The molecular weight excluding hydrogens is 200 g/mol. The molecule has 1 N–H and O–H groups in total. The smallest absolute Gasteiger partial charge is 0.137 e. The van der Waals surface area contributed by atoms with Crippen molar-refractivity contribution in [1.82, 2.24) is 10.2 Å². The number of nitrogens with one attached hydrogen (secondary N) is 1. The van der Waals surface area contributed by atoms with E-state index in [4.69, 9.17) is 0 Å². The highest BCUT2D eigenvalue weighted by molar-refractivity contribution is 5.57. The fourth-order valence-corrected chi connectivity index (χ4v) is 1.98. The van der Waals surface area contributed by atoms with Crippen LogP contribution in [0.4, 0.5) is 0 Å². The van der Waals surface area contributed by atoms with E-state index in [-0.39, 0.29) is 6.04 Å². The zero-order chi connectivity index (χ0) is 12.6. The van der Waals surface area contributed by atoms with Gasteiger partial charge in [-0.15, -0.1) is 0 Å². The highest BCUT2D eigenvalue weighted by atomic mass is 16.1. The molecule has 0 aliphatic carbocycles. The lowest BCUT2D eigenvalue weighted by molar-refractivity contribution is -0.112. The Hall–Kier alpha value is -0.410. The lowest BCUT2D eigenvalue weighted by atomic mass is 10.0. The predicted molar refractivity (Wildman–Crippen MR) is 69.7 cm³/mol. The fourth-order valence-electron chi connectivity index (χ4n) is 1.98. The van der Waals surface area contributed by atoms with Crippen LogP contribution < -0.4 is 5.32 Å². The summed E-state index contributed by atoms with van der Waals surface area (Å²) < 4.78 is 0. The van der Waals surface area contributed by atoms with Crippen LogP contribution in [-0.4, -0.2) is 43.9 Å². The van der Waals surface area contributed by atoms with E-state index in [0.717, 1.165) is 25.7 Å². The number of aldehydes is 1. The molecule has 2 unspecified atom stereocenters. The summed E-state index contributed by atoms with van der Waals surface area (Å²) in [6.07, 6.45) is 4.37. The highest BCUT2D eigenvalue weighted by Crippen LogP contribution is 2.09. The molecule has 0 heterocycles. The summed E-state index contributed by atoms with van der Waals surface area (Å²) in [5.74, 6) is 0.567. The standard InChI is InChI=1S/C13H28N2O/c1-6-7-12(14-4)9-15(5)13(10-16)8-11(2)3/h10-14H,6-9H2,1-5H3. The molecule has 0 spiro atoms. The van der Waals surface area contributed by atoms with Crippen LogP contribution in [0.25, 0.3) is 0 Å². The first kappa shape index (κ1) is 15.6. The molecular formula is C13H28N2O. The Kier molecular flexibility index (Phi) is 8.49. The maximum atomic E-state index is 11.0. The van der Waals surface area contributed by atoms with Gasteiger partial charge < -0.3 is 10.1 Å². The topological polar surface area (TPSA) is 32.3 Å². The Bertz CT molecular complexity index is 183. The third-order valence-corrected chi connectivity index (χ3v) is 2.99. The molecule has 16 heavy (non-hydrogen) atoms. The van der Waals surface area contributed by atoms with Gasteiger partial charge in [-0.2, -0.15) is 0 Å². The minimum Gasteiger partial charge on any atom is -0.316 e. The largest absolute Gasteiger partial charge is 0.316 e. The summed E-state index contributed by atoms with van der Waals surface area (Å²) in [5, 5.41) is 3.31. The summed E-state index contributed by atoms with van der Waals surface area (Å²) >= 11 is 0. The van der Waals surface area contributed by atoms with Crippen LogP contribution in [0.5, 0.6) is 0 Å². The molecule has 96 valence electrons. The fraction of sp³-hybridized carbons (Fsp3) is 0.923. The van der Waals surface area contributed by atoms with Crippen LogP contribution in [0.2, 0.25) is 0 Å². The number of hydrogen-bond donors (Lipinski definition) is 1. The van der Waals surface area contributed by atoms with Crippen molar-refractivity contribution < 1.29 is 4.79 Å². The van der Waals surface area contributed by atoms with Crippen molar-refractivity contribution in [3.63, 3.8) is 0 Å². The second-order valence-corrected chi connectivity index (χ2v) is 5.05. The van der Waals surface area contributed by atoms with Crippen molar-refractivity contribution in [1.29, 1.82) is 0 Å². The highest BCUT2D eigenvalue weighted by Gasteiger charge is 2.18. The first-order chi connectivity index (χ1) is 7.54. The minimum atomic E-state index is 0.0627. The van der Waals surface area contributed by atoms with Gasteiger partial charge in [0.15, 0.2) is 0 Å². The number of hydrogen-bond acceptors (Lipinski definition) is 3. The quantitative estimate of drug-likeness (QED) is 0.612. The summed E-state index contributed by atoms with van der Waals surface area (Å²) in [6.45, 7) is 7.45. The molecule has 0 amide bonds. The van der Waals surface area contributed by atoms with Gasteiger partial charge in [0.2, 0.25) is 0 Å². The normalized spacial score (nSPS) is 15.4. The number of carbonyl (C=O) groups is 1. The molecule has 0 saturated carbocycles. The average Bonchev–Trinajstić information content (AvgIpc) is 2.24. The van der Waals surface area contributed by atoms with E-state index >= 15 is 0 Å². The number of rotatable bonds is 9. The van der Waals surface area contributed by atoms with Crippen LogP contribution in [-0.2, 0) is 4.79 Å². The Morgan fingerprint density at radius 2 is 2.00 bits per heavy atom. The summed E-state index contributed by atoms with van der Waals surface area (Å²) in [5.41, 5.74) is 0. The van der Waals surface area contributed by atoms with E-state index in [0.29, 0.717) is 12.0 Å². The molecule has 0 fully saturated rings. The molecule has 0 aromatic carbocycles. The van der Waals surface area contributed by atoms with Crippen molar-refractivity contribution in [2.75, 3.05) is 20.6 Å². The second-order valence-electron chi connectivity index (χ2n) is 5.05. The van der Waals surface area contributed by atoms with Gasteiger partial charge in [-0.25, -0.2) is 0 Å². The van der Waals surface area contributed by atoms with Crippen LogP contribution in [0.1, 0.15) is 40.0 Å². The summed E-state index contributed by atoms with van der Waals surface area (Å²) in [6, 6.07) is 0.553. The number of nitrogens with zero attached hydrogens (tertiary/aromatic N) is 1. The van der Waals surface area contributed by atoms with Gasteiger partial charge in [-0.05, 0) is 32.9 Å². The van der Waals surface area contributed by atoms with Gasteiger partial charge in [0, 0.05) is 12.6 Å². The minimum absolute atomic E-state index is 0.0627. The molecule has 0 rings (SSSR count). The predicted octanol–water partition coefficient (Wildman–Crippen LogP) is 1.92. The summed E-state index contributed by atoms with van der Waals surface area (Å²) in [7, 11) is 4.04. The van der Waals surface area contributed by atoms with Gasteiger partial charge in [0.1, 0.15) is 6.29 Å². The molecule has 2 atom stereocenters. The van der Waals surface area contributed by atoms with E-state index in [1.807, 2.05) is 14.1 Å². The second kappa shape index (κ2) is 8.71.